The maximum atomic E-state index is 5.71. The molecule has 0 saturated carbocycles. The van der Waals surface area contributed by atoms with E-state index in [9.17, 15) is 0 Å². The van der Waals surface area contributed by atoms with Crippen molar-refractivity contribution in [3.63, 3.8) is 0 Å². The lowest BCUT2D eigenvalue weighted by Crippen LogP contribution is -2.76. The zero-order valence-electron chi connectivity index (χ0n) is 9.23. The Kier molecular flexibility index (Phi) is 4.08. The third-order valence-electron chi connectivity index (χ3n) is 1.90. The van der Waals surface area contributed by atoms with Crippen LogP contribution in [0.15, 0.2) is 24.3 Å². The molecule has 5 nitrogen and oxygen atoms in total. The number of hydrogen-bond acceptors (Lipinski definition) is 2. The minimum atomic E-state index is 0.564. The van der Waals surface area contributed by atoms with E-state index in [0.29, 0.717) is 5.84 Å². The fourth-order valence-electron chi connectivity index (χ4n) is 1.33. The van der Waals surface area contributed by atoms with Gasteiger partial charge in [-0.05, 0) is 10.8 Å². The van der Waals surface area contributed by atoms with Gasteiger partial charge in [-0.3, -0.25) is 5.73 Å². The second-order valence-electron chi connectivity index (χ2n) is 3.03. The van der Waals surface area contributed by atoms with Crippen LogP contribution in [0.4, 0.5) is 11.4 Å². The van der Waals surface area contributed by atoms with Gasteiger partial charge in [0.2, 0.25) is 11.4 Å². The first kappa shape index (κ1) is 11.5. The number of quaternary nitrogens is 1. The van der Waals surface area contributed by atoms with Crippen LogP contribution in [0, 0.1) is 0 Å². The lowest BCUT2D eigenvalue weighted by atomic mass is 10.3. The van der Waals surface area contributed by atoms with Crippen molar-refractivity contribution in [3.8, 4) is 0 Å². The Labute approximate surface area is 89.0 Å². The Morgan fingerprint density at radius 1 is 1.33 bits per heavy atom. The molecule has 0 aromatic heterocycles. The molecule has 82 valence electrons. The third-order valence-corrected chi connectivity index (χ3v) is 1.90. The summed E-state index contributed by atoms with van der Waals surface area (Å²) in [6, 6.07) is 7.67. The maximum Gasteiger partial charge on any atom is 0.285 e. The highest BCUT2D eigenvalue weighted by molar-refractivity contribution is 5.74. The molecule has 0 radical (unpaired) electrons. The monoisotopic (exact) mass is 211 g/mol. The molecule has 0 bridgehead atoms. The van der Waals surface area contributed by atoms with Crippen LogP contribution in [-0.4, -0.2) is 24.8 Å². The number of benzene rings is 1. The Morgan fingerprint density at radius 3 is 2.53 bits per heavy atom. The summed E-state index contributed by atoms with van der Waals surface area (Å²) in [5.41, 5.74) is 9.11. The van der Waals surface area contributed by atoms with Gasteiger partial charge in [-0.25, -0.2) is 4.84 Å². The van der Waals surface area contributed by atoms with Crippen molar-refractivity contribution in [3.05, 3.63) is 24.3 Å². The van der Waals surface area contributed by atoms with E-state index in [2.05, 4.69) is 0 Å². The van der Waals surface area contributed by atoms with E-state index in [-0.39, 0.29) is 0 Å². The molecule has 4 N–H and O–H groups in total. The second kappa shape index (κ2) is 5.33. The van der Waals surface area contributed by atoms with Crippen molar-refractivity contribution in [2.45, 2.75) is 6.92 Å². The second-order valence-corrected chi connectivity index (χ2v) is 3.03. The molecule has 1 aromatic rings. The van der Waals surface area contributed by atoms with E-state index in [0.717, 1.165) is 11.4 Å². The van der Waals surface area contributed by atoms with Crippen molar-refractivity contribution in [2.24, 2.45) is 5.73 Å². The maximum absolute atomic E-state index is 5.71. The predicted octanol–water partition coefficient (Wildman–Crippen LogP) is 0.0254. The number of para-hydroxylation sites is 1. The van der Waals surface area contributed by atoms with Gasteiger partial charge >= 0.3 is 0 Å². The Balaban J connectivity index is 3.17. The summed E-state index contributed by atoms with van der Waals surface area (Å²) in [5, 5.41) is 0. The zero-order valence-corrected chi connectivity index (χ0v) is 9.23. The molecular formula is C10H17N3O2+2. The molecule has 0 atom stereocenters. The van der Waals surface area contributed by atoms with Gasteiger partial charge in [0, 0.05) is 13.0 Å². The highest BCUT2D eigenvalue weighted by Gasteiger charge is 2.16. The average molecular weight is 211 g/mol. The number of nitrogens with zero attached hydrogens (tertiary/aromatic N) is 1. The molecule has 0 unspecified atom stereocenters. The van der Waals surface area contributed by atoms with Crippen LogP contribution in [0.25, 0.3) is 0 Å². The summed E-state index contributed by atoms with van der Waals surface area (Å²) in [5.74, 6) is 0.564. The molecule has 5 heteroatoms. The van der Waals surface area contributed by atoms with E-state index in [1.54, 1.807) is 31.4 Å². The molecule has 0 heterocycles. The normalized spacial score (nSPS) is 12.2. The first-order chi connectivity index (χ1) is 7.20. The molecule has 0 aliphatic carbocycles. The molecule has 0 saturated heterocycles. The fraction of sp³-hybridized carbons (Fsp3) is 0.300. The molecule has 0 fully saturated rings. The third kappa shape index (κ3) is 2.68. The SMILES string of the molecule is CO[NH2+]c1ccccc1/[N+](OC)=C(/C)N. The van der Waals surface area contributed by atoms with Gasteiger partial charge in [0.25, 0.3) is 5.84 Å². The van der Waals surface area contributed by atoms with Crippen molar-refractivity contribution < 1.29 is 19.9 Å². The van der Waals surface area contributed by atoms with Crippen molar-refractivity contribution in [1.82, 2.24) is 0 Å². The quantitative estimate of drug-likeness (QED) is 0.243. The van der Waals surface area contributed by atoms with Crippen LogP contribution >= 0.6 is 0 Å². The van der Waals surface area contributed by atoms with Crippen LogP contribution in [0.1, 0.15) is 6.92 Å². The number of rotatable bonds is 4. The average Bonchev–Trinajstić information content (AvgIpc) is 2.21. The number of amidine groups is 1. The van der Waals surface area contributed by atoms with Crippen LogP contribution in [0.3, 0.4) is 0 Å². The Bertz CT molecular complexity index is 359. The van der Waals surface area contributed by atoms with Gasteiger partial charge in [-0.1, -0.05) is 12.1 Å². The van der Waals surface area contributed by atoms with Crippen molar-refractivity contribution in [1.29, 1.82) is 0 Å². The lowest BCUT2D eigenvalue weighted by Gasteiger charge is -2.06. The zero-order chi connectivity index (χ0) is 11.3. The van der Waals surface area contributed by atoms with Crippen molar-refractivity contribution in [2.75, 3.05) is 14.2 Å². The summed E-state index contributed by atoms with van der Waals surface area (Å²) < 4.78 is 1.55. The summed E-state index contributed by atoms with van der Waals surface area (Å²) in [6.07, 6.45) is 0. The molecule has 0 spiro atoms. The molecule has 1 rings (SSSR count). The highest BCUT2D eigenvalue weighted by Crippen LogP contribution is 2.19. The van der Waals surface area contributed by atoms with E-state index < -0.39 is 0 Å². The van der Waals surface area contributed by atoms with Gasteiger partial charge in [0.15, 0.2) is 0 Å². The molecule has 15 heavy (non-hydrogen) atoms. The van der Waals surface area contributed by atoms with Crippen LogP contribution in [0.5, 0.6) is 0 Å². The number of nitrogens with two attached hydrogens (primary N) is 2. The highest BCUT2D eigenvalue weighted by atomic mass is 16.7. The van der Waals surface area contributed by atoms with Gasteiger partial charge < -0.3 is 4.84 Å². The summed E-state index contributed by atoms with van der Waals surface area (Å²) >= 11 is 0. The molecule has 0 amide bonds. The fourth-order valence-corrected chi connectivity index (χ4v) is 1.33. The Morgan fingerprint density at radius 2 is 2.00 bits per heavy atom. The molecule has 1 aromatic carbocycles. The molecule has 0 aliphatic heterocycles. The molecular weight excluding hydrogens is 194 g/mol. The van der Waals surface area contributed by atoms with E-state index in [4.69, 9.17) is 15.4 Å². The predicted molar refractivity (Wildman–Crippen MR) is 56.8 cm³/mol. The largest absolute Gasteiger partial charge is 0.338 e. The summed E-state index contributed by atoms with van der Waals surface area (Å²) in [7, 11) is 3.17. The minimum absolute atomic E-state index is 0.564. The van der Waals surface area contributed by atoms with Crippen LogP contribution in [-0.2, 0) is 9.68 Å². The first-order valence-electron chi connectivity index (χ1n) is 4.59. The van der Waals surface area contributed by atoms with E-state index in [1.165, 1.54) is 0 Å². The molecule has 0 aliphatic rings. The van der Waals surface area contributed by atoms with Gasteiger partial charge in [0.1, 0.15) is 7.11 Å². The summed E-state index contributed by atoms with van der Waals surface area (Å²) in [4.78, 5) is 10.2. The van der Waals surface area contributed by atoms with Gasteiger partial charge in [-0.15, -0.1) is 0 Å². The first-order valence-corrected chi connectivity index (χ1v) is 4.59. The van der Waals surface area contributed by atoms with E-state index >= 15 is 0 Å². The van der Waals surface area contributed by atoms with Gasteiger partial charge in [0.05, 0.1) is 7.11 Å². The standard InChI is InChI=1S/C10H15N3O2/c1-8(11)13(15-3)10-7-5-4-6-9(10)12-14-2/h4-7,11-12H,1-3H3/p+2. The van der Waals surface area contributed by atoms with Crippen LogP contribution in [0.2, 0.25) is 0 Å². The topological polar surface area (TPSA) is 64.1 Å². The lowest BCUT2D eigenvalue weighted by molar-refractivity contribution is -0.835. The van der Waals surface area contributed by atoms with Gasteiger partial charge in [-0.2, -0.15) is 5.48 Å². The Hall–Kier alpha value is -1.59. The van der Waals surface area contributed by atoms with E-state index in [1.807, 2.05) is 24.3 Å². The summed E-state index contributed by atoms with van der Waals surface area (Å²) in [6.45, 7) is 1.77. The smallest absolute Gasteiger partial charge is 0.285 e. The number of hydrogen-bond donors (Lipinski definition) is 2. The van der Waals surface area contributed by atoms with Crippen molar-refractivity contribution >= 4 is 17.2 Å². The van der Waals surface area contributed by atoms with Crippen LogP contribution < -0.4 is 11.2 Å². The minimum Gasteiger partial charge on any atom is -0.338 e.